The smallest absolute Gasteiger partial charge is 0.305 e. The van der Waals surface area contributed by atoms with Gasteiger partial charge >= 0.3 is 5.97 Å². The van der Waals surface area contributed by atoms with E-state index in [4.69, 9.17) is 9.47 Å². The summed E-state index contributed by atoms with van der Waals surface area (Å²) in [4.78, 5) is 11.8. The molecule has 1 heterocycles. The lowest BCUT2D eigenvalue weighted by Crippen LogP contribution is -2.58. The first kappa shape index (κ1) is 28.0. The predicted molar refractivity (Wildman–Crippen MR) is 119 cm³/mol. The lowest BCUT2D eigenvalue weighted by molar-refractivity contribution is -0.287. The van der Waals surface area contributed by atoms with Gasteiger partial charge in [0.1, 0.15) is 31.0 Å². The predicted octanol–water partition coefficient (Wildman–Crippen LogP) is 3.37. The van der Waals surface area contributed by atoms with Crippen LogP contribution in [0.25, 0.3) is 0 Å². The number of allylic oxidation sites excluding steroid dienone is 2. The van der Waals surface area contributed by atoms with Crippen molar-refractivity contribution in [1.29, 1.82) is 0 Å². The molecule has 0 saturated carbocycles. The summed E-state index contributed by atoms with van der Waals surface area (Å²) in [6.07, 6.45) is 13.1. The molecule has 31 heavy (non-hydrogen) atoms. The van der Waals surface area contributed by atoms with Gasteiger partial charge in [0.05, 0.1) is 0 Å². The number of aliphatic hydroxyl groups is 4. The molecule has 0 amide bonds. The van der Waals surface area contributed by atoms with Gasteiger partial charge in [-0.2, -0.15) is 0 Å². The molecule has 0 aromatic carbocycles. The molecule has 0 aromatic rings. The molecule has 5 atom stereocenters. The van der Waals surface area contributed by atoms with E-state index in [1.165, 1.54) is 51.4 Å². The average molecular weight is 445 g/mol. The van der Waals surface area contributed by atoms with Crippen molar-refractivity contribution in [2.75, 3.05) is 6.61 Å². The highest BCUT2D eigenvalue weighted by molar-refractivity contribution is 5.69. The number of carbonyl (C=O) groups excluding carboxylic acids is 1. The van der Waals surface area contributed by atoms with Gasteiger partial charge in [0, 0.05) is 6.42 Å². The molecular formula is C24H44O7. The van der Waals surface area contributed by atoms with Crippen LogP contribution in [-0.4, -0.2) is 63.7 Å². The average Bonchev–Trinajstić information content (AvgIpc) is 2.76. The maximum absolute atomic E-state index is 11.8. The van der Waals surface area contributed by atoms with Crippen molar-refractivity contribution in [2.45, 2.75) is 128 Å². The van der Waals surface area contributed by atoms with E-state index in [0.29, 0.717) is 0 Å². The summed E-state index contributed by atoms with van der Waals surface area (Å²) in [5.41, 5.74) is 0. The van der Waals surface area contributed by atoms with E-state index < -0.39 is 36.7 Å². The van der Waals surface area contributed by atoms with E-state index in [1.807, 2.05) is 0 Å². The maximum atomic E-state index is 11.8. The van der Waals surface area contributed by atoms with Crippen LogP contribution >= 0.6 is 0 Å². The third-order valence-electron chi connectivity index (χ3n) is 5.74. The van der Waals surface area contributed by atoms with Gasteiger partial charge in [0.25, 0.3) is 0 Å². The fourth-order valence-electron chi connectivity index (χ4n) is 3.66. The zero-order chi connectivity index (χ0) is 22.9. The molecule has 7 heteroatoms. The minimum atomic E-state index is -1.62. The van der Waals surface area contributed by atoms with Gasteiger partial charge in [-0.05, 0) is 32.1 Å². The summed E-state index contributed by atoms with van der Waals surface area (Å²) < 4.78 is 10.0. The minimum Gasteiger partial charge on any atom is -0.463 e. The first-order valence-electron chi connectivity index (χ1n) is 12.2. The van der Waals surface area contributed by atoms with Crippen molar-refractivity contribution < 1.29 is 34.7 Å². The quantitative estimate of drug-likeness (QED) is 0.154. The number of rotatable bonds is 17. The summed E-state index contributed by atoms with van der Waals surface area (Å²) >= 11 is 0. The number of unbranched alkanes of at least 4 members (excludes halogenated alkanes) is 11. The highest BCUT2D eigenvalue weighted by Gasteiger charge is 2.43. The third-order valence-corrected chi connectivity index (χ3v) is 5.74. The molecule has 0 aliphatic carbocycles. The van der Waals surface area contributed by atoms with Gasteiger partial charge in [0.15, 0.2) is 6.29 Å². The SMILES string of the molecule is CCCCCCCCC=CCCCCCCCC(=O)OC[C@H]1OC(O)[C@H](O)[C@@H](O)[C@@H]1O. The minimum absolute atomic E-state index is 0.272. The Morgan fingerprint density at radius 2 is 1.32 bits per heavy atom. The van der Waals surface area contributed by atoms with E-state index >= 15 is 0 Å². The fourth-order valence-corrected chi connectivity index (χ4v) is 3.66. The van der Waals surface area contributed by atoms with E-state index in [-0.39, 0.29) is 13.0 Å². The second kappa shape index (κ2) is 17.6. The van der Waals surface area contributed by atoms with Crippen LogP contribution in [0.2, 0.25) is 0 Å². The van der Waals surface area contributed by atoms with Crippen LogP contribution in [0.15, 0.2) is 12.2 Å². The van der Waals surface area contributed by atoms with Crippen LogP contribution in [0.3, 0.4) is 0 Å². The molecule has 0 radical (unpaired) electrons. The Morgan fingerprint density at radius 3 is 1.94 bits per heavy atom. The monoisotopic (exact) mass is 444 g/mol. The topological polar surface area (TPSA) is 116 Å². The van der Waals surface area contributed by atoms with E-state index in [9.17, 15) is 25.2 Å². The highest BCUT2D eigenvalue weighted by Crippen LogP contribution is 2.20. The lowest BCUT2D eigenvalue weighted by Gasteiger charge is -2.37. The van der Waals surface area contributed by atoms with Crippen LogP contribution in [0.4, 0.5) is 0 Å². The van der Waals surface area contributed by atoms with Crippen molar-refractivity contribution in [3.05, 3.63) is 12.2 Å². The molecule has 0 spiro atoms. The Morgan fingerprint density at radius 1 is 0.774 bits per heavy atom. The molecule has 0 aromatic heterocycles. The fraction of sp³-hybridized carbons (Fsp3) is 0.875. The number of carbonyl (C=O) groups is 1. The van der Waals surface area contributed by atoms with E-state index in [2.05, 4.69) is 19.1 Å². The zero-order valence-electron chi connectivity index (χ0n) is 19.2. The van der Waals surface area contributed by atoms with E-state index in [0.717, 1.165) is 32.1 Å². The van der Waals surface area contributed by atoms with Crippen LogP contribution in [-0.2, 0) is 14.3 Å². The number of aliphatic hydroxyl groups excluding tert-OH is 4. The van der Waals surface area contributed by atoms with Gasteiger partial charge in [-0.1, -0.05) is 70.4 Å². The summed E-state index contributed by atoms with van der Waals surface area (Å²) in [7, 11) is 0. The molecule has 1 unspecified atom stereocenters. The second-order valence-corrected chi connectivity index (χ2v) is 8.55. The summed E-state index contributed by atoms with van der Waals surface area (Å²) in [5.74, 6) is -0.400. The van der Waals surface area contributed by atoms with Crippen molar-refractivity contribution in [2.24, 2.45) is 0 Å². The highest BCUT2D eigenvalue weighted by atomic mass is 16.6. The standard InChI is InChI=1S/C24H44O7/c1-2-3-4-5-6-7-8-9-10-11-12-13-14-15-16-17-20(25)30-18-19-21(26)22(27)23(28)24(29)31-19/h9-10,19,21-24,26-29H,2-8,11-18H2,1H3/t19-,21-,22+,23-,24?/m1/s1. The lowest BCUT2D eigenvalue weighted by atomic mass is 9.99. The first-order valence-corrected chi connectivity index (χ1v) is 12.2. The Bertz CT molecular complexity index is 483. The first-order chi connectivity index (χ1) is 15.0. The second-order valence-electron chi connectivity index (χ2n) is 8.55. The molecule has 7 nitrogen and oxygen atoms in total. The van der Waals surface area contributed by atoms with Gasteiger partial charge in [-0.15, -0.1) is 0 Å². The summed E-state index contributed by atoms with van der Waals surface area (Å²) in [6.45, 7) is 1.97. The zero-order valence-corrected chi connectivity index (χ0v) is 19.2. The molecule has 0 bridgehead atoms. The van der Waals surface area contributed by atoms with Crippen LogP contribution < -0.4 is 0 Å². The normalized spacial score (nSPS) is 26.4. The maximum Gasteiger partial charge on any atom is 0.305 e. The molecule has 1 aliphatic heterocycles. The van der Waals surface area contributed by atoms with Crippen molar-refractivity contribution >= 4 is 5.97 Å². The molecular weight excluding hydrogens is 400 g/mol. The Kier molecular flexibility index (Phi) is 15.9. The van der Waals surface area contributed by atoms with Gasteiger partial charge in [0.2, 0.25) is 0 Å². The van der Waals surface area contributed by atoms with Crippen molar-refractivity contribution in [1.82, 2.24) is 0 Å². The summed E-state index contributed by atoms with van der Waals surface area (Å²) in [5, 5.41) is 38.3. The number of esters is 1. The van der Waals surface area contributed by atoms with Gasteiger partial charge in [-0.25, -0.2) is 0 Å². The molecule has 4 N–H and O–H groups in total. The largest absolute Gasteiger partial charge is 0.463 e. The van der Waals surface area contributed by atoms with Crippen LogP contribution in [0.1, 0.15) is 96.8 Å². The van der Waals surface area contributed by atoms with Gasteiger partial charge in [-0.3, -0.25) is 4.79 Å². The number of hydrogen-bond donors (Lipinski definition) is 4. The van der Waals surface area contributed by atoms with Gasteiger partial charge < -0.3 is 29.9 Å². The molecule has 1 saturated heterocycles. The molecule has 1 fully saturated rings. The number of ether oxygens (including phenoxy) is 2. The Labute approximate surface area is 187 Å². The Balaban J connectivity index is 1.93. The van der Waals surface area contributed by atoms with E-state index in [1.54, 1.807) is 0 Å². The van der Waals surface area contributed by atoms with Crippen molar-refractivity contribution in [3.8, 4) is 0 Å². The Hall–Kier alpha value is -0.990. The third kappa shape index (κ3) is 12.6. The van der Waals surface area contributed by atoms with Crippen LogP contribution in [0, 0.1) is 0 Å². The number of hydrogen-bond acceptors (Lipinski definition) is 7. The molecule has 182 valence electrons. The van der Waals surface area contributed by atoms with Crippen LogP contribution in [0.5, 0.6) is 0 Å². The molecule has 1 rings (SSSR count). The van der Waals surface area contributed by atoms with Crippen molar-refractivity contribution in [3.63, 3.8) is 0 Å². The molecule has 1 aliphatic rings. The summed E-state index contributed by atoms with van der Waals surface area (Å²) in [6, 6.07) is 0.